The van der Waals surface area contributed by atoms with Crippen LogP contribution in [0.4, 0.5) is 10.5 Å². The zero-order chi connectivity index (χ0) is 23.2. The number of nitrogens with zero attached hydrogens (tertiary/aromatic N) is 3. The molecule has 1 unspecified atom stereocenters. The summed E-state index contributed by atoms with van der Waals surface area (Å²) in [5.74, 6) is -0.103. The molecule has 3 heterocycles. The molecule has 0 saturated carbocycles. The molecule has 12 heteroatoms. The lowest BCUT2D eigenvalue weighted by molar-refractivity contribution is -0.119. The van der Waals surface area contributed by atoms with Gasteiger partial charge in [0.2, 0.25) is 11.8 Å². The van der Waals surface area contributed by atoms with E-state index in [1.165, 1.54) is 17.8 Å². The zero-order valence-corrected chi connectivity index (χ0v) is 19.1. The van der Waals surface area contributed by atoms with Crippen LogP contribution in [0.15, 0.2) is 11.1 Å². The van der Waals surface area contributed by atoms with Gasteiger partial charge in [0.05, 0.1) is 25.0 Å². The number of fused-ring (bicyclic) bond motifs is 3. The van der Waals surface area contributed by atoms with Gasteiger partial charge in [-0.15, -0.1) is 0 Å². The van der Waals surface area contributed by atoms with Crippen molar-refractivity contribution in [3.05, 3.63) is 28.7 Å². The first-order valence-electron chi connectivity index (χ1n) is 11.1. The summed E-state index contributed by atoms with van der Waals surface area (Å²) < 4.78 is 35.1. The topological polar surface area (TPSA) is 144 Å². The highest BCUT2D eigenvalue weighted by atomic mass is 32.2. The lowest BCUT2D eigenvalue weighted by Gasteiger charge is -2.24. The highest BCUT2D eigenvalue weighted by molar-refractivity contribution is 7.90. The van der Waals surface area contributed by atoms with Gasteiger partial charge in [-0.2, -0.15) is 5.10 Å². The fourth-order valence-corrected chi connectivity index (χ4v) is 5.76. The van der Waals surface area contributed by atoms with Crippen molar-refractivity contribution in [3.8, 4) is 5.88 Å². The van der Waals surface area contributed by atoms with Crippen molar-refractivity contribution in [2.75, 3.05) is 18.5 Å². The molecule has 0 bridgehead atoms. The maximum absolute atomic E-state index is 13.0. The molecule has 3 amide bonds. The standard InChI is InChI=1S/C21H26N6O5S/c1-12(28)22-8-13-10-27-20(32-11-13)18(9-23-27)33(30,31)26-21(29)25-19-14-4-2-6-16(14)24-17-7-3-5-15(17)19/h9,13H,2-8,10-11H2,1H3,(H,22,28)(H2,24,25,26,29). The van der Waals surface area contributed by atoms with Crippen LogP contribution in [0.2, 0.25) is 0 Å². The van der Waals surface area contributed by atoms with Crippen LogP contribution in [0.25, 0.3) is 0 Å². The summed E-state index contributed by atoms with van der Waals surface area (Å²) >= 11 is 0. The second-order valence-corrected chi connectivity index (χ2v) is 10.4. The number of anilines is 1. The third-order valence-electron chi connectivity index (χ3n) is 6.29. The van der Waals surface area contributed by atoms with E-state index in [0.717, 1.165) is 61.0 Å². The number of aryl methyl sites for hydroxylation is 2. The quantitative estimate of drug-likeness (QED) is 0.584. The van der Waals surface area contributed by atoms with Gasteiger partial charge in [0.15, 0.2) is 4.90 Å². The second kappa shape index (κ2) is 8.32. The van der Waals surface area contributed by atoms with E-state index in [1.54, 1.807) is 0 Å². The van der Waals surface area contributed by atoms with Gasteiger partial charge >= 0.3 is 6.03 Å². The molecule has 2 aromatic rings. The Balaban J connectivity index is 1.32. The van der Waals surface area contributed by atoms with Crippen molar-refractivity contribution in [2.24, 2.45) is 5.92 Å². The Morgan fingerprint density at radius 1 is 1.15 bits per heavy atom. The molecule has 0 aromatic carbocycles. The fraction of sp³-hybridized carbons (Fsp3) is 0.524. The van der Waals surface area contributed by atoms with Crippen LogP contribution in [-0.4, -0.2) is 48.3 Å². The number of carbonyl (C=O) groups is 2. The molecule has 2 aromatic heterocycles. The number of nitrogens with one attached hydrogen (secondary N) is 3. The monoisotopic (exact) mass is 474 g/mol. The molecule has 3 N–H and O–H groups in total. The number of rotatable bonds is 5. The smallest absolute Gasteiger partial charge is 0.333 e. The van der Waals surface area contributed by atoms with Crippen LogP contribution in [0, 0.1) is 5.92 Å². The first-order chi connectivity index (χ1) is 15.8. The van der Waals surface area contributed by atoms with E-state index in [-0.39, 0.29) is 29.2 Å². The van der Waals surface area contributed by atoms with Crippen molar-refractivity contribution >= 4 is 27.6 Å². The van der Waals surface area contributed by atoms with Gasteiger partial charge in [0, 0.05) is 30.8 Å². The van der Waals surface area contributed by atoms with Crippen LogP contribution in [0.1, 0.15) is 42.3 Å². The van der Waals surface area contributed by atoms with Gasteiger partial charge < -0.3 is 15.4 Å². The third-order valence-corrected chi connectivity index (χ3v) is 7.61. The van der Waals surface area contributed by atoms with E-state index in [2.05, 4.69) is 20.5 Å². The summed E-state index contributed by atoms with van der Waals surface area (Å²) in [7, 11) is -4.20. The minimum atomic E-state index is -4.20. The molecule has 5 rings (SSSR count). The Labute approximate surface area is 191 Å². The highest BCUT2D eigenvalue weighted by Gasteiger charge is 2.32. The van der Waals surface area contributed by atoms with Crippen LogP contribution >= 0.6 is 0 Å². The van der Waals surface area contributed by atoms with E-state index >= 15 is 0 Å². The first kappa shape index (κ1) is 21.7. The number of hydrogen-bond acceptors (Lipinski definition) is 7. The van der Waals surface area contributed by atoms with E-state index in [9.17, 15) is 18.0 Å². The van der Waals surface area contributed by atoms with Crippen LogP contribution in [0.3, 0.4) is 0 Å². The van der Waals surface area contributed by atoms with E-state index in [0.29, 0.717) is 18.8 Å². The number of amides is 3. The molecule has 3 aliphatic rings. The minimum Gasteiger partial charge on any atom is -0.476 e. The maximum Gasteiger partial charge on any atom is 0.333 e. The summed E-state index contributed by atoms with van der Waals surface area (Å²) in [6.07, 6.45) is 6.52. The van der Waals surface area contributed by atoms with Crippen LogP contribution in [-0.2, 0) is 47.0 Å². The Kier molecular flexibility index (Phi) is 5.47. The minimum absolute atomic E-state index is 0.0380. The average Bonchev–Trinajstić information content (AvgIpc) is 3.50. The Morgan fingerprint density at radius 3 is 2.52 bits per heavy atom. The molecule has 1 atom stereocenters. The third kappa shape index (κ3) is 4.14. The van der Waals surface area contributed by atoms with Crippen LogP contribution < -0.4 is 20.1 Å². The lowest BCUT2D eigenvalue weighted by Crippen LogP contribution is -2.37. The lowest BCUT2D eigenvalue weighted by atomic mass is 10.1. The zero-order valence-electron chi connectivity index (χ0n) is 18.3. The molecular formula is C21H26N6O5S. The van der Waals surface area contributed by atoms with Crippen molar-refractivity contribution in [1.82, 2.24) is 24.8 Å². The summed E-state index contributed by atoms with van der Waals surface area (Å²) in [4.78, 5) is 28.4. The Bertz CT molecular complexity index is 1210. The number of sulfonamides is 1. The molecule has 0 fully saturated rings. The number of ether oxygens (including phenoxy) is 1. The molecule has 176 valence electrons. The summed E-state index contributed by atoms with van der Waals surface area (Å²) in [6, 6.07) is -0.816. The molecule has 1 aliphatic heterocycles. The van der Waals surface area contributed by atoms with Gasteiger partial charge in [-0.05, 0) is 49.7 Å². The predicted molar refractivity (Wildman–Crippen MR) is 118 cm³/mol. The predicted octanol–water partition coefficient (Wildman–Crippen LogP) is 0.911. The van der Waals surface area contributed by atoms with E-state index in [4.69, 9.17) is 9.72 Å². The summed E-state index contributed by atoms with van der Waals surface area (Å²) in [6.45, 7) is 2.46. The van der Waals surface area contributed by atoms with Gasteiger partial charge in [0.25, 0.3) is 10.0 Å². The molecular weight excluding hydrogens is 448 g/mol. The van der Waals surface area contributed by atoms with Gasteiger partial charge in [-0.1, -0.05) is 0 Å². The fourth-order valence-electron chi connectivity index (χ4n) is 4.78. The summed E-state index contributed by atoms with van der Waals surface area (Å²) in [5, 5.41) is 9.62. The largest absolute Gasteiger partial charge is 0.476 e. The molecule has 33 heavy (non-hydrogen) atoms. The van der Waals surface area contributed by atoms with Gasteiger partial charge in [-0.3, -0.25) is 9.78 Å². The molecule has 0 spiro atoms. The molecule has 0 radical (unpaired) electrons. The van der Waals surface area contributed by atoms with E-state index in [1.807, 2.05) is 0 Å². The molecule has 2 aliphatic carbocycles. The van der Waals surface area contributed by atoms with E-state index < -0.39 is 16.1 Å². The number of urea groups is 1. The van der Waals surface area contributed by atoms with Gasteiger partial charge in [-0.25, -0.2) is 22.6 Å². The van der Waals surface area contributed by atoms with Crippen LogP contribution in [0.5, 0.6) is 5.88 Å². The summed E-state index contributed by atoms with van der Waals surface area (Å²) in [5.41, 5.74) is 4.74. The van der Waals surface area contributed by atoms with Crippen molar-refractivity contribution in [2.45, 2.75) is 56.9 Å². The van der Waals surface area contributed by atoms with Gasteiger partial charge in [0.1, 0.15) is 0 Å². The first-order valence-corrected chi connectivity index (χ1v) is 12.6. The number of pyridine rings is 1. The molecule has 11 nitrogen and oxygen atoms in total. The molecule has 0 saturated heterocycles. The second-order valence-electron chi connectivity index (χ2n) is 8.71. The highest BCUT2D eigenvalue weighted by Crippen LogP contribution is 2.36. The maximum atomic E-state index is 13.0. The SMILES string of the molecule is CC(=O)NCC1COc2c(S(=O)(=O)NC(=O)Nc3c4c(nc5c3CCC5)CCC4)cnn2C1. The van der Waals surface area contributed by atoms with Crippen molar-refractivity contribution in [3.63, 3.8) is 0 Å². The Morgan fingerprint density at radius 2 is 1.85 bits per heavy atom. The number of carbonyl (C=O) groups excluding carboxylic acids is 2. The van der Waals surface area contributed by atoms with Crippen molar-refractivity contribution < 1.29 is 22.7 Å². The average molecular weight is 475 g/mol. The normalized spacial score (nSPS) is 18.6. The Hall–Kier alpha value is -3.15. The number of aromatic nitrogens is 3. The number of hydrogen-bond donors (Lipinski definition) is 3. The van der Waals surface area contributed by atoms with Crippen molar-refractivity contribution in [1.29, 1.82) is 0 Å².